The van der Waals surface area contributed by atoms with Gasteiger partial charge in [-0.1, -0.05) is 18.2 Å². The Labute approximate surface area is 190 Å². The number of hydrogen-bond acceptors (Lipinski definition) is 6. The molecule has 1 aliphatic rings. The van der Waals surface area contributed by atoms with Crippen molar-refractivity contribution in [2.24, 2.45) is 5.92 Å². The molecular formula is C24H32N2O5S. The Morgan fingerprint density at radius 2 is 1.72 bits per heavy atom. The van der Waals surface area contributed by atoms with E-state index in [1.54, 1.807) is 36.4 Å². The number of nitrogens with one attached hydrogen (secondary N) is 1. The van der Waals surface area contributed by atoms with E-state index in [9.17, 15) is 18.3 Å². The molecule has 1 atom stereocenters. The molecule has 0 spiro atoms. The van der Waals surface area contributed by atoms with E-state index >= 15 is 0 Å². The highest BCUT2D eigenvalue weighted by Gasteiger charge is 2.32. The van der Waals surface area contributed by atoms with Crippen LogP contribution in [0.4, 0.5) is 0 Å². The third kappa shape index (κ3) is 5.49. The maximum atomic E-state index is 13.2. The molecular weight excluding hydrogens is 428 g/mol. The fraction of sp³-hybridized carbons (Fsp3) is 0.458. The van der Waals surface area contributed by atoms with Gasteiger partial charge in [-0.05, 0) is 81.6 Å². The second-order valence-electron chi connectivity index (χ2n) is 8.52. The second-order valence-corrected chi connectivity index (χ2v) is 10.4. The minimum absolute atomic E-state index is 0.0223. The lowest BCUT2D eigenvalue weighted by Gasteiger charge is -2.35. The molecule has 3 rings (SSSR count). The highest BCUT2D eigenvalue weighted by molar-refractivity contribution is 7.91. The first-order valence-corrected chi connectivity index (χ1v) is 12.3. The lowest BCUT2D eigenvalue weighted by Crippen LogP contribution is -2.45. The minimum Gasteiger partial charge on any atom is -0.497 e. The van der Waals surface area contributed by atoms with Crippen molar-refractivity contribution in [3.8, 4) is 5.75 Å². The maximum absolute atomic E-state index is 13.2. The molecule has 2 N–H and O–H groups in total. The number of carboxylic acid groups (broad SMARTS) is 1. The normalized spacial score (nSPS) is 20.1. The summed E-state index contributed by atoms with van der Waals surface area (Å²) in [6.07, 6.45) is 3.59. The molecule has 0 heterocycles. The van der Waals surface area contributed by atoms with Gasteiger partial charge in [0, 0.05) is 12.6 Å². The molecule has 0 aliphatic heterocycles. The summed E-state index contributed by atoms with van der Waals surface area (Å²) in [7, 11) is 1.88. The largest absolute Gasteiger partial charge is 0.497 e. The molecule has 174 valence electrons. The number of aliphatic carboxylic acids is 1. The van der Waals surface area contributed by atoms with E-state index in [1.807, 2.05) is 0 Å². The van der Waals surface area contributed by atoms with Gasteiger partial charge in [0.1, 0.15) is 11.8 Å². The fourth-order valence-electron chi connectivity index (χ4n) is 4.42. The van der Waals surface area contributed by atoms with Crippen molar-refractivity contribution in [2.45, 2.75) is 54.1 Å². The molecule has 1 fully saturated rings. The highest BCUT2D eigenvalue weighted by atomic mass is 32.2. The van der Waals surface area contributed by atoms with Crippen LogP contribution in [-0.4, -0.2) is 57.7 Å². The first-order valence-electron chi connectivity index (χ1n) is 10.8. The highest BCUT2D eigenvalue weighted by Crippen LogP contribution is 2.30. The Balaban J connectivity index is 1.77. The minimum atomic E-state index is -3.75. The van der Waals surface area contributed by atoms with Gasteiger partial charge in [-0.2, -0.15) is 0 Å². The standard InChI is InChI=1S/C24H32N2O5S/c1-26(2)19-10-8-17(9-11-19)23(24(27)28)25-16-18-6-4-5-7-22(18)32(29,30)21-14-12-20(31-3)13-15-21/h4-7,12-15,17,19,23,25H,8-11,16H2,1-3H3,(H,27,28)/t17-,19-,23-/m1/s1. The number of nitrogens with zero attached hydrogens (tertiary/aromatic N) is 1. The summed E-state index contributed by atoms with van der Waals surface area (Å²) < 4.78 is 31.6. The zero-order valence-corrected chi connectivity index (χ0v) is 19.6. The summed E-state index contributed by atoms with van der Waals surface area (Å²) in [4.78, 5) is 14.5. The van der Waals surface area contributed by atoms with Gasteiger partial charge in [-0.3, -0.25) is 4.79 Å². The van der Waals surface area contributed by atoms with Crippen molar-refractivity contribution in [2.75, 3.05) is 21.2 Å². The van der Waals surface area contributed by atoms with Gasteiger partial charge in [-0.15, -0.1) is 0 Å². The molecule has 0 radical (unpaired) electrons. The van der Waals surface area contributed by atoms with Crippen LogP contribution in [0.1, 0.15) is 31.2 Å². The topological polar surface area (TPSA) is 95.9 Å². The number of hydrogen-bond donors (Lipinski definition) is 2. The zero-order valence-electron chi connectivity index (χ0n) is 18.8. The predicted molar refractivity (Wildman–Crippen MR) is 123 cm³/mol. The molecule has 1 aliphatic carbocycles. The Morgan fingerprint density at radius 1 is 1.09 bits per heavy atom. The van der Waals surface area contributed by atoms with Gasteiger partial charge in [0.2, 0.25) is 9.84 Å². The molecule has 2 aromatic rings. The average Bonchev–Trinajstić information content (AvgIpc) is 2.79. The van der Waals surface area contributed by atoms with Crippen molar-refractivity contribution >= 4 is 15.8 Å². The van der Waals surface area contributed by atoms with E-state index < -0.39 is 21.8 Å². The average molecular weight is 461 g/mol. The Hall–Kier alpha value is -2.42. The number of carboxylic acids is 1. The molecule has 7 nitrogen and oxygen atoms in total. The van der Waals surface area contributed by atoms with Crippen LogP contribution in [0.5, 0.6) is 5.75 Å². The third-order valence-corrected chi connectivity index (χ3v) is 8.22. The van der Waals surface area contributed by atoms with Crippen LogP contribution in [0.3, 0.4) is 0 Å². The van der Waals surface area contributed by atoms with Crippen molar-refractivity contribution in [1.82, 2.24) is 10.2 Å². The summed E-state index contributed by atoms with van der Waals surface area (Å²) in [5, 5.41) is 13.0. The van der Waals surface area contributed by atoms with Crippen LogP contribution in [0.2, 0.25) is 0 Å². The molecule has 32 heavy (non-hydrogen) atoms. The molecule has 0 unspecified atom stereocenters. The third-order valence-electron chi connectivity index (χ3n) is 6.35. The summed E-state index contributed by atoms with van der Waals surface area (Å²) >= 11 is 0. The van der Waals surface area contributed by atoms with E-state index in [2.05, 4.69) is 24.3 Å². The van der Waals surface area contributed by atoms with Crippen LogP contribution >= 0.6 is 0 Å². The van der Waals surface area contributed by atoms with Crippen LogP contribution in [0, 0.1) is 5.92 Å². The summed E-state index contributed by atoms with van der Waals surface area (Å²) in [5.74, 6) is -0.296. The molecule has 2 aromatic carbocycles. The smallest absolute Gasteiger partial charge is 0.320 e. The Kier molecular flexibility index (Phi) is 7.92. The molecule has 0 bridgehead atoms. The van der Waals surface area contributed by atoms with E-state index in [0.29, 0.717) is 17.4 Å². The number of methoxy groups -OCH3 is 1. The van der Waals surface area contributed by atoms with Crippen molar-refractivity contribution in [3.05, 3.63) is 54.1 Å². The van der Waals surface area contributed by atoms with E-state index in [1.165, 1.54) is 19.2 Å². The Bertz CT molecular complexity index is 1010. The van der Waals surface area contributed by atoms with Crippen LogP contribution in [-0.2, 0) is 21.2 Å². The second kappa shape index (κ2) is 10.5. The van der Waals surface area contributed by atoms with Crippen molar-refractivity contribution in [3.63, 3.8) is 0 Å². The van der Waals surface area contributed by atoms with Gasteiger partial charge < -0.3 is 20.1 Å². The van der Waals surface area contributed by atoms with Gasteiger partial charge in [0.05, 0.1) is 16.9 Å². The maximum Gasteiger partial charge on any atom is 0.320 e. The number of rotatable bonds is 9. The van der Waals surface area contributed by atoms with Gasteiger partial charge in [0.25, 0.3) is 0 Å². The van der Waals surface area contributed by atoms with Crippen LogP contribution in [0.15, 0.2) is 58.3 Å². The Morgan fingerprint density at radius 3 is 2.28 bits per heavy atom. The summed E-state index contributed by atoms with van der Waals surface area (Å²) in [6, 6.07) is 12.8. The van der Waals surface area contributed by atoms with Gasteiger partial charge >= 0.3 is 5.97 Å². The van der Waals surface area contributed by atoms with E-state index in [-0.39, 0.29) is 22.3 Å². The molecule has 0 saturated heterocycles. The SMILES string of the molecule is COc1ccc(S(=O)(=O)c2ccccc2CN[C@@H](C(=O)O)[C@H]2CC[C@H](N(C)C)CC2)cc1. The fourth-order valence-corrected chi connectivity index (χ4v) is 5.91. The summed E-state index contributed by atoms with van der Waals surface area (Å²) in [6.45, 7) is 0.163. The number of ether oxygens (including phenoxy) is 1. The molecule has 1 saturated carbocycles. The number of benzene rings is 2. The van der Waals surface area contributed by atoms with Crippen molar-refractivity contribution < 1.29 is 23.1 Å². The molecule has 0 aromatic heterocycles. The quantitative estimate of drug-likeness (QED) is 0.593. The van der Waals surface area contributed by atoms with Crippen LogP contribution in [0.25, 0.3) is 0 Å². The van der Waals surface area contributed by atoms with Crippen LogP contribution < -0.4 is 10.1 Å². The first kappa shape index (κ1) is 24.2. The monoisotopic (exact) mass is 460 g/mol. The lowest BCUT2D eigenvalue weighted by molar-refractivity contribution is -0.141. The predicted octanol–water partition coefficient (Wildman–Crippen LogP) is 3.19. The summed E-state index contributed by atoms with van der Waals surface area (Å²) in [5.41, 5.74) is 0.552. The number of sulfone groups is 1. The van der Waals surface area contributed by atoms with E-state index in [4.69, 9.17) is 4.74 Å². The lowest BCUT2D eigenvalue weighted by atomic mass is 9.81. The number of carbonyl (C=O) groups is 1. The van der Waals surface area contributed by atoms with E-state index in [0.717, 1.165) is 25.7 Å². The first-order chi connectivity index (χ1) is 15.2. The molecule has 8 heteroatoms. The molecule has 0 amide bonds. The van der Waals surface area contributed by atoms with Crippen molar-refractivity contribution in [1.29, 1.82) is 0 Å². The van der Waals surface area contributed by atoms with Gasteiger partial charge in [0.15, 0.2) is 0 Å². The zero-order chi connectivity index (χ0) is 23.3. The van der Waals surface area contributed by atoms with Gasteiger partial charge in [-0.25, -0.2) is 8.42 Å².